The Labute approximate surface area is 334 Å². The molecule has 7 heteroatoms. The predicted octanol–water partition coefficient (Wildman–Crippen LogP) is 13.1. The van der Waals surface area contributed by atoms with Crippen LogP contribution in [0, 0.1) is 37.7 Å². The Hall–Kier alpha value is -3.64. The van der Waals surface area contributed by atoms with Gasteiger partial charge in [0.1, 0.15) is 5.76 Å². The second-order valence-corrected chi connectivity index (χ2v) is 16.8. The summed E-state index contributed by atoms with van der Waals surface area (Å²) in [5, 5.41) is 12.5. The molecule has 0 saturated heterocycles. The third kappa shape index (κ3) is 8.09. The SMILES string of the molecule is CCC(C)(CC)C(=O)/C=C(\O)C(C)(CC)CC.Cc1cccc(C)c1-c1sn2c(nc3c(-c4[c-]c5ccccc5c(C(C)(C)C)c4)nccc32)c1C.[Ir]. The van der Waals surface area contributed by atoms with Gasteiger partial charge in [-0.3, -0.25) is 9.78 Å². The van der Waals surface area contributed by atoms with E-state index < -0.39 is 0 Å². The summed E-state index contributed by atoms with van der Waals surface area (Å²) in [5.74, 6) is 0.286. The Kier molecular flexibility index (Phi) is 13.0. The minimum absolute atomic E-state index is 0. The molecule has 3 aromatic carbocycles. The molecule has 0 spiro atoms. The number of pyridine rings is 1. The Morgan fingerprint density at radius 1 is 0.868 bits per heavy atom. The Bertz CT molecular complexity index is 2260. The van der Waals surface area contributed by atoms with Gasteiger partial charge in [0.2, 0.25) is 0 Å². The van der Waals surface area contributed by atoms with E-state index in [1.54, 1.807) is 11.5 Å². The van der Waals surface area contributed by atoms with Crippen LogP contribution in [0.3, 0.4) is 0 Å². The van der Waals surface area contributed by atoms with Crippen LogP contribution in [0.15, 0.2) is 72.6 Å². The fourth-order valence-corrected chi connectivity index (χ4v) is 8.17. The van der Waals surface area contributed by atoms with Crippen molar-refractivity contribution in [3.8, 4) is 21.7 Å². The molecule has 6 rings (SSSR count). The van der Waals surface area contributed by atoms with E-state index in [9.17, 15) is 9.90 Å². The number of aliphatic hydroxyl groups is 1. The molecule has 0 atom stereocenters. The van der Waals surface area contributed by atoms with E-state index in [0.29, 0.717) is 0 Å². The first-order chi connectivity index (χ1) is 24.5. The molecule has 3 heterocycles. The third-order valence-corrected chi connectivity index (χ3v) is 12.8. The number of carbonyl (C=O) groups excluding carboxylic acids is 1. The molecular formula is C46H56IrN3O2S-. The number of imidazole rings is 1. The minimum Gasteiger partial charge on any atom is -0.512 e. The second-order valence-electron chi connectivity index (χ2n) is 15.9. The predicted molar refractivity (Wildman–Crippen MR) is 222 cm³/mol. The maximum atomic E-state index is 12.2. The molecule has 1 N–H and O–H groups in total. The molecule has 0 fully saturated rings. The van der Waals surface area contributed by atoms with Crippen molar-refractivity contribution in [2.75, 3.05) is 0 Å². The number of fused-ring (bicyclic) bond motifs is 4. The molecule has 0 bridgehead atoms. The summed E-state index contributed by atoms with van der Waals surface area (Å²) >= 11 is 1.77. The van der Waals surface area contributed by atoms with Crippen molar-refractivity contribution in [3.63, 3.8) is 0 Å². The number of hydrogen-bond donors (Lipinski definition) is 1. The van der Waals surface area contributed by atoms with Crippen molar-refractivity contribution < 1.29 is 30.0 Å². The van der Waals surface area contributed by atoms with Crippen LogP contribution in [0.1, 0.15) is 110 Å². The average Bonchev–Trinajstić information content (AvgIpc) is 3.66. The number of benzene rings is 3. The van der Waals surface area contributed by atoms with Gasteiger partial charge in [0.05, 0.1) is 15.9 Å². The molecule has 0 unspecified atom stereocenters. The summed E-state index contributed by atoms with van der Waals surface area (Å²) in [5.41, 5.74) is 10.7. The number of hydrogen-bond acceptors (Lipinski definition) is 5. The largest absolute Gasteiger partial charge is 0.512 e. The smallest absolute Gasteiger partial charge is 0.164 e. The average molecular weight is 907 g/mol. The molecule has 0 saturated carbocycles. The number of rotatable bonds is 9. The summed E-state index contributed by atoms with van der Waals surface area (Å²) in [7, 11) is 0. The van der Waals surface area contributed by atoms with Crippen LogP contribution in [-0.4, -0.2) is 24.6 Å². The molecule has 1 radical (unpaired) electrons. The molecular weight excluding hydrogens is 851 g/mol. The molecule has 6 aromatic rings. The van der Waals surface area contributed by atoms with E-state index >= 15 is 0 Å². The second kappa shape index (κ2) is 16.4. The van der Waals surface area contributed by atoms with Crippen molar-refractivity contribution in [3.05, 3.63) is 101 Å². The van der Waals surface area contributed by atoms with Crippen LogP contribution in [-0.2, 0) is 30.3 Å². The molecule has 53 heavy (non-hydrogen) atoms. The first-order valence-corrected chi connectivity index (χ1v) is 19.6. The molecule has 0 aliphatic rings. The third-order valence-electron chi connectivity index (χ3n) is 11.5. The van der Waals surface area contributed by atoms with Gasteiger partial charge in [-0.15, -0.1) is 29.1 Å². The fourth-order valence-electron chi connectivity index (χ4n) is 6.84. The van der Waals surface area contributed by atoms with Crippen molar-refractivity contribution >= 4 is 44.8 Å². The zero-order valence-electron chi connectivity index (χ0n) is 33.6. The summed E-state index contributed by atoms with van der Waals surface area (Å²) in [4.78, 5) is 23.4. The van der Waals surface area contributed by atoms with E-state index in [1.807, 2.05) is 47.7 Å². The quantitative estimate of drug-likeness (QED) is 0.0892. The summed E-state index contributed by atoms with van der Waals surface area (Å²) in [6.07, 6.45) is 6.66. The van der Waals surface area contributed by atoms with Gasteiger partial charge in [-0.1, -0.05) is 121 Å². The molecule has 0 aliphatic carbocycles. The summed E-state index contributed by atoms with van der Waals surface area (Å²) in [6.45, 7) is 25.4. The van der Waals surface area contributed by atoms with E-state index in [0.717, 1.165) is 59.0 Å². The minimum atomic E-state index is -0.337. The Balaban J connectivity index is 0.000000299. The monoisotopic (exact) mass is 907 g/mol. The topological polar surface area (TPSA) is 67.5 Å². The standard InChI is InChI=1S/C31H28N3S.C15H28O2.Ir/c1-18-10-9-11-19(2)26(18)29-20(3)30-33-28-25(34(30)35-29)14-15-32-27(28)22-16-21-12-7-8-13-23(21)24(17-22)31(4,5)6;1-7-14(5,8-2)12(16)11-13(17)15(6,9-3)10-4;/h7-15,17H,1-6H3;11,16H,7-10H2,1-6H3;/q-1;;/b;12-11-;. The molecule has 283 valence electrons. The number of aliphatic hydroxyl groups excluding tert-OH is 1. The molecule has 5 nitrogen and oxygen atoms in total. The van der Waals surface area contributed by atoms with Gasteiger partial charge in [-0.25, -0.2) is 8.77 Å². The number of nitrogens with zero attached hydrogens (tertiary/aromatic N) is 3. The van der Waals surface area contributed by atoms with Gasteiger partial charge < -0.3 is 5.11 Å². The van der Waals surface area contributed by atoms with Crippen molar-refractivity contribution in [2.24, 2.45) is 10.8 Å². The van der Waals surface area contributed by atoms with Gasteiger partial charge in [-0.2, -0.15) is 0 Å². The van der Waals surface area contributed by atoms with Crippen LogP contribution in [0.25, 0.3) is 49.2 Å². The van der Waals surface area contributed by atoms with Crippen LogP contribution in [0.5, 0.6) is 0 Å². The van der Waals surface area contributed by atoms with Gasteiger partial charge in [0, 0.05) is 54.5 Å². The first kappa shape index (κ1) is 42.1. The van der Waals surface area contributed by atoms with Gasteiger partial charge >= 0.3 is 0 Å². The van der Waals surface area contributed by atoms with Crippen molar-refractivity contribution in [1.82, 2.24) is 13.8 Å². The van der Waals surface area contributed by atoms with Crippen LogP contribution < -0.4 is 0 Å². The molecule has 0 aliphatic heterocycles. The van der Waals surface area contributed by atoms with Crippen LogP contribution in [0.2, 0.25) is 0 Å². The Morgan fingerprint density at radius 2 is 1.47 bits per heavy atom. The number of carbonyl (C=O) groups is 1. The van der Waals surface area contributed by atoms with Crippen molar-refractivity contribution in [2.45, 2.75) is 114 Å². The number of ketones is 1. The zero-order valence-corrected chi connectivity index (χ0v) is 36.8. The molecule has 0 amide bonds. The van der Waals surface area contributed by atoms with E-state index in [2.05, 4.69) is 106 Å². The number of aryl methyl sites for hydroxylation is 3. The van der Waals surface area contributed by atoms with Gasteiger partial charge in [0.15, 0.2) is 11.4 Å². The summed E-state index contributed by atoms with van der Waals surface area (Å²) < 4.78 is 2.27. The maximum absolute atomic E-state index is 12.2. The van der Waals surface area contributed by atoms with Crippen LogP contribution in [0.4, 0.5) is 0 Å². The maximum Gasteiger partial charge on any atom is 0.164 e. The van der Waals surface area contributed by atoms with E-state index in [1.165, 1.54) is 44.2 Å². The van der Waals surface area contributed by atoms with E-state index in [4.69, 9.17) is 9.97 Å². The zero-order chi connectivity index (χ0) is 38.2. The van der Waals surface area contributed by atoms with Crippen molar-refractivity contribution in [1.29, 1.82) is 0 Å². The number of allylic oxidation sites excluding steroid dienone is 2. The number of aromatic nitrogens is 3. The fraction of sp³-hybridized carbons (Fsp3) is 0.413. The van der Waals surface area contributed by atoms with Crippen LogP contribution >= 0.6 is 11.5 Å². The van der Waals surface area contributed by atoms with Gasteiger partial charge in [0.25, 0.3) is 0 Å². The molecule has 3 aromatic heterocycles. The first-order valence-electron chi connectivity index (χ1n) is 18.8. The Morgan fingerprint density at radius 3 is 2.06 bits per heavy atom. The van der Waals surface area contributed by atoms with E-state index in [-0.39, 0.29) is 47.9 Å². The summed E-state index contributed by atoms with van der Waals surface area (Å²) in [6, 6.07) is 23.0. The van der Waals surface area contributed by atoms with Gasteiger partial charge in [-0.05, 0) is 74.6 Å². The normalized spacial score (nSPS) is 12.6.